The molecule has 0 bridgehead atoms. The van der Waals surface area contributed by atoms with Gasteiger partial charge in [0.25, 0.3) is 5.56 Å². The van der Waals surface area contributed by atoms with E-state index in [1.54, 1.807) is 36.7 Å². The Balaban J connectivity index is 0.000000269. The first-order chi connectivity index (χ1) is 12.0. The number of benzene rings is 1. The maximum atomic E-state index is 11.7. The number of carbonyl (C=O) groups is 1. The van der Waals surface area contributed by atoms with Crippen LogP contribution in [0.4, 0.5) is 5.69 Å². The van der Waals surface area contributed by atoms with Gasteiger partial charge in [-0.1, -0.05) is 33.2 Å². The SMILES string of the molecule is CNc1cnoc1.Cn1c(-c2ccc(Br)cc2)nc(C=O)c(O)c1=O. The van der Waals surface area contributed by atoms with Crippen molar-refractivity contribution < 1.29 is 14.4 Å². The first-order valence-electron chi connectivity index (χ1n) is 7.06. The maximum Gasteiger partial charge on any atom is 0.296 e. The topological polar surface area (TPSA) is 110 Å². The smallest absolute Gasteiger partial charge is 0.296 e. The molecular weight excluding hydrogens is 392 g/mol. The molecule has 3 aromatic rings. The van der Waals surface area contributed by atoms with Crippen LogP contribution in [0.15, 0.2) is 50.5 Å². The summed E-state index contributed by atoms with van der Waals surface area (Å²) in [6, 6.07) is 7.12. The minimum atomic E-state index is -0.648. The lowest BCUT2D eigenvalue weighted by atomic mass is 10.2. The molecule has 0 fully saturated rings. The van der Waals surface area contributed by atoms with E-state index in [0.29, 0.717) is 17.7 Å². The number of aldehydes is 1. The standard InChI is InChI=1S/C12H9BrN2O3.C4H6N2O/c1-15-11(7-2-4-8(13)5-3-7)14-9(6-16)10(17)12(15)18;1-5-4-2-6-7-3-4/h2-6,17H,1H3;2-3,5H,1H3. The number of aromatic hydroxyl groups is 1. The first kappa shape index (κ1) is 18.4. The predicted octanol–water partition coefficient (Wildman–Crippen LogP) is 2.44. The lowest BCUT2D eigenvalue weighted by Crippen LogP contribution is -2.21. The summed E-state index contributed by atoms with van der Waals surface area (Å²) in [6.45, 7) is 0. The van der Waals surface area contributed by atoms with Gasteiger partial charge in [0, 0.05) is 24.1 Å². The molecule has 0 saturated carbocycles. The normalized spacial score (nSPS) is 9.88. The highest BCUT2D eigenvalue weighted by molar-refractivity contribution is 9.10. The van der Waals surface area contributed by atoms with Crippen molar-refractivity contribution in [2.24, 2.45) is 7.05 Å². The molecule has 25 heavy (non-hydrogen) atoms. The molecular formula is C16H15BrN4O4. The van der Waals surface area contributed by atoms with Crippen molar-refractivity contribution in [3.05, 3.63) is 57.2 Å². The molecule has 0 saturated heterocycles. The Bertz CT molecular complexity index is 905. The summed E-state index contributed by atoms with van der Waals surface area (Å²) < 4.78 is 6.59. The van der Waals surface area contributed by atoms with E-state index in [-0.39, 0.29) is 5.69 Å². The monoisotopic (exact) mass is 406 g/mol. The highest BCUT2D eigenvalue weighted by Gasteiger charge is 2.14. The second-order valence-electron chi connectivity index (χ2n) is 4.82. The Labute approximate surface area is 151 Å². The van der Waals surface area contributed by atoms with Crippen molar-refractivity contribution in [3.8, 4) is 17.1 Å². The van der Waals surface area contributed by atoms with Crippen molar-refractivity contribution in [2.75, 3.05) is 12.4 Å². The number of hydrogen-bond acceptors (Lipinski definition) is 7. The summed E-state index contributed by atoms with van der Waals surface area (Å²) in [6.07, 6.45) is 3.51. The summed E-state index contributed by atoms with van der Waals surface area (Å²) in [4.78, 5) is 26.4. The van der Waals surface area contributed by atoms with Gasteiger partial charge in [0.15, 0.2) is 12.0 Å². The number of aromatic nitrogens is 3. The van der Waals surface area contributed by atoms with E-state index in [1.807, 2.05) is 7.05 Å². The number of halogens is 1. The molecule has 0 aliphatic carbocycles. The fourth-order valence-electron chi connectivity index (χ4n) is 1.87. The zero-order valence-corrected chi connectivity index (χ0v) is 15.0. The van der Waals surface area contributed by atoms with Crippen molar-refractivity contribution in [1.29, 1.82) is 0 Å². The van der Waals surface area contributed by atoms with Gasteiger partial charge in [0.2, 0.25) is 5.75 Å². The Morgan fingerprint density at radius 3 is 2.48 bits per heavy atom. The third-order valence-electron chi connectivity index (χ3n) is 3.23. The number of carbonyl (C=O) groups excluding carboxylic acids is 1. The molecule has 0 unspecified atom stereocenters. The molecule has 0 spiro atoms. The molecule has 2 N–H and O–H groups in total. The molecule has 0 amide bonds. The molecule has 0 aliphatic rings. The Hall–Kier alpha value is -2.94. The van der Waals surface area contributed by atoms with Gasteiger partial charge in [-0.2, -0.15) is 0 Å². The number of nitrogens with one attached hydrogen (secondary N) is 1. The predicted molar refractivity (Wildman–Crippen MR) is 95.7 cm³/mol. The summed E-state index contributed by atoms with van der Waals surface area (Å²) in [7, 11) is 3.30. The Morgan fingerprint density at radius 1 is 1.32 bits per heavy atom. The highest BCUT2D eigenvalue weighted by Crippen LogP contribution is 2.20. The average molecular weight is 407 g/mol. The minimum Gasteiger partial charge on any atom is -0.501 e. The van der Waals surface area contributed by atoms with Gasteiger partial charge in [0.1, 0.15) is 12.1 Å². The van der Waals surface area contributed by atoms with E-state index in [0.717, 1.165) is 10.2 Å². The first-order valence-corrected chi connectivity index (χ1v) is 7.85. The van der Waals surface area contributed by atoms with Gasteiger partial charge in [-0.15, -0.1) is 0 Å². The lowest BCUT2D eigenvalue weighted by molar-refractivity contribution is 0.111. The zero-order chi connectivity index (χ0) is 18.4. The summed E-state index contributed by atoms with van der Waals surface area (Å²) in [5, 5.41) is 15.8. The minimum absolute atomic E-state index is 0.254. The second kappa shape index (κ2) is 8.25. The zero-order valence-electron chi connectivity index (χ0n) is 13.4. The third kappa shape index (κ3) is 4.32. The van der Waals surface area contributed by atoms with E-state index in [4.69, 9.17) is 0 Å². The molecule has 9 heteroatoms. The second-order valence-corrected chi connectivity index (χ2v) is 5.74. The van der Waals surface area contributed by atoms with Gasteiger partial charge >= 0.3 is 0 Å². The van der Waals surface area contributed by atoms with Crippen LogP contribution < -0.4 is 10.9 Å². The number of nitrogens with zero attached hydrogens (tertiary/aromatic N) is 3. The number of hydrogen-bond donors (Lipinski definition) is 2. The molecule has 1 aromatic carbocycles. The van der Waals surface area contributed by atoms with Crippen LogP contribution >= 0.6 is 15.9 Å². The van der Waals surface area contributed by atoms with Gasteiger partial charge < -0.3 is 14.9 Å². The quantitative estimate of drug-likeness (QED) is 0.642. The van der Waals surface area contributed by atoms with Crippen LogP contribution in [0, 0.1) is 0 Å². The van der Waals surface area contributed by atoms with Crippen LogP contribution in [0.5, 0.6) is 5.75 Å². The van der Waals surface area contributed by atoms with Crippen LogP contribution in [-0.4, -0.2) is 33.1 Å². The number of anilines is 1. The van der Waals surface area contributed by atoms with Crippen LogP contribution in [0.1, 0.15) is 10.5 Å². The van der Waals surface area contributed by atoms with Crippen LogP contribution in [0.2, 0.25) is 0 Å². The molecule has 2 heterocycles. The molecule has 0 aliphatic heterocycles. The maximum absolute atomic E-state index is 11.7. The largest absolute Gasteiger partial charge is 0.501 e. The van der Waals surface area contributed by atoms with Crippen LogP contribution in [0.25, 0.3) is 11.4 Å². The van der Waals surface area contributed by atoms with Crippen molar-refractivity contribution >= 4 is 27.9 Å². The van der Waals surface area contributed by atoms with Gasteiger partial charge in [-0.3, -0.25) is 14.2 Å². The van der Waals surface area contributed by atoms with Crippen molar-refractivity contribution in [2.45, 2.75) is 0 Å². The number of rotatable bonds is 3. The lowest BCUT2D eigenvalue weighted by Gasteiger charge is -2.09. The van der Waals surface area contributed by atoms with E-state index < -0.39 is 11.3 Å². The van der Waals surface area contributed by atoms with Gasteiger partial charge in [0.05, 0.1) is 11.9 Å². The molecule has 130 valence electrons. The summed E-state index contributed by atoms with van der Waals surface area (Å²) in [5.41, 5.74) is 0.682. The summed E-state index contributed by atoms with van der Waals surface area (Å²) >= 11 is 3.31. The van der Waals surface area contributed by atoms with Gasteiger partial charge in [-0.25, -0.2) is 4.98 Å². The van der Waals surface area contributed by atoms with Crippen LogP contribution in [0.3, 0.4) is 0 Å². The van der Waals surface area contributed by atoms with Crippen LogP contribution in [-0.2, 0) is 7.05 Å². The molecule has 2 aromatic heterocycles. The third-order valence-corrected chi connectivity index (χ3v) is 3.76. The molecule has 8 nitrogen and oxygen atoms in total. The van der Waals surface area contributed by atoms with E-state index in [1.165, 1.54) is 11.6 Å². The summed E-state index contributed by atoms with van der Waals surface area (Å²) in [5.74, 6) is -0.305. The van der Waals surface area contributed by atoms with Crippen molar-refractivity contribution in [1.82, 2.24) is 14.7 Å². The van der Waals surface area contributed by atoms with E-state index in [9.17, 15) is 14.7 Å². The fraction of sp³-hybridized carbons (Fsp3) is 0.125. The van der Waals surface area contributed by atoms with Crippen molar-refractivity contribution in [3.63, 3.8) is 0 Å². The average Bonchev–Trinajstić information content (AvgIpc) is 3.15. The highest BCUT2D eigenvalue weighted by atomic mass is 79.9. The Morgan fingerprint density at radius 2 is 2.00 bits per heavy atom. The van der Waals surface area contributed by atoms with Gasteiger partial charge in [-0.05, 0) is 12.1 Å². The Kier molecular flexibility index (Phi) is 6.07. The molecule has 3 rings (SSSR count). The van der Waals surface area contributed by atoms with E-state index >= 15 is 0 Å². The van der Waals surface area contributed by atoms with E-state index in [2.05, 4.69) is 35.9 Å². The molecule has 0 radical (unpaired) electrons. The molecule has 0 atom stereocenters. The fourth-order valence-corrected chi connectivity index (χ4v) is 2.14.